The zero-order valence-corrected chi connectivity index (χ0v) is 8.65. The lowest BCUT2D eigenvalue weighted by molar-refractivity contribution is 0.348. The van der Waals surface area contributed by atoms with Gasteiger partial charge in [0.2, 0.25) is 0 Å². The number of halogens is 1. The molecule has 2 saturated carbocycles. The minimum Gasteiger partial charge on any atom is -0.0891 e. The summed E-state index contributed by atoms with van der Waals surface area (Å²) in [5.74, 6) is 2.19. The van der Waals surface area contributed by atoms with Crippen LogP contribution in [0.1, 0.15) is 44.9 Å². The van der Waals surface area contributed by atoms with Crippen LogP contribution in [0, 0.1) is 11.8 Å². The summed E-state index contributed by atoms with van der Waals surface area (Å²) in [6.07, 6.45) is 10.5. The third kappa shape index (κ3) is 1.80. The maximum absolute atomic E-state index is 3.73. The van der Waals surface area contributed by atoms with E-state index in [-0.39, 0.29) is 0 Å². The molecule has 2 atom stereocenters. The first kappa shape index (κ1) is 8.10. The summed E-state index contributed by atoms with van der Waals surface area (Å²) < 4.78 is 0. The van der Waals surface area contributed by atoms with Gasteiger partial charge in [-0.05, 0) is 31.1 Å². The first-order chi connectivity index (χ1) is 5.36. The summed E-state index contributed by atoms with van der Waals surface area (Å²) in [6, 6.07) is 0. The van der Waals surface area contributed by atoms with E-state index in [0.29, 0.717) is 0 Å². The molecule has 2 aliphatic rings. The van der Waals surface area contributed by atoms with Crippen LogP contribution >= 0.6 is 15.9 Å². The van der Waals surface area contributed by atoms with E-state index < -0.39 is 0 Å². The second kappa shape index (κ2) is 3.47. The molecule has 0 aromatic rings. The number of alkyl halides is 1. The van der Waals surface area contributed by atoms with Crippen LogP contribution in [0.4, 0.5) is 0 Å². The summed E-state index contributed by atoms with van der Waals surface area (Å²) >= 11 is 3.73. The summed E-state index contributed by atoms with van der Waals surface area (Å²) in [5.41, 5.74) is 0. The molecule has 2 fully saturated rings. The highest BCUT2D eigenvalue weighted by atomic mass is 79.9. The maximum atomic E-state index is 3.73. The van der Waals surface area contributed by atoms with E-state index >= 15 is 0 Å². The smallest absolute Gasteiger partial charge is 0.0148 e. The Morgan fingerprint density at radius 2 is 1.55 bits per heavy atom. The van der Waals surface area contributed by atoms with Crippen molar-refractivity contribution in [3.63, 3.8) is 0 Å². The van der Waals surface area contributed by atoms with Crippen LogP contribution in [0.3, 0.4) is 0 Å². The molecule has 0 heterocycles. The zero-order valence-electron chi connectivity index (χ0n) is 7.06. The Morgan fingerprint density at radius 3 is 2.09 bits per heavy atom. The molecule has 0 nitrogen and oxygen atoms in total. The van der Waals surface area contributed by atoms with E-state index in [0.717, 1.165) is 16.7 Å². The highest BCUT2D eigenvalue weighted by Gasteiger charge is 2.30. The monoisotopic (exact) mass is 216 g/mol. The minimum absolute atomic E-state index is 0.855. The third-order valence-electron chi connectivity index (χ3n) is 3.48. The molecule has 0 aromatic heterocycles. The van der Waals surface area contributed by atoms with Gasteiger partial charge < -0.3 is 0 Å². The van der Waals surface area contributed by atoms with Crippen molar-refractivity contribution in [2.45, 2.75) is 49.8 Å². The highest BCUT2D eigenvalue weighted by molar-refractivity contribution is 9.09. The van der Waals surface area contributed by atoms with E-state index in [1.165, 1.54) is 44.9 Å². The van der Waals surface area contributed by atoms with Crippen molar-refractivity contribution in [2.24, 2.45) is 11.8 Å². The fourth-order valence-corrected chi connectivity index (χ4v) is 3.56. The molecule has 0 bridgehead atoms. The standard InChI is InChI=1S/C10H17Br/c11-10-6-5-9(7-10)8-3-1-2-4-8/h8-10H,1-7H2. The van der Waals surface area contributed by atoms with Crippen LogP contribution in [0.15, 0.2) is 0 Å². The molecule has 64 valence electrons. The lowest BCUT2D eigenvalue weighted by Gasteiger charge is -2.16. The van der Waals surface area contributed by atoms with Crippen molar-refractivity contribution < 1.29 is 0 Å². The van der Waals surface area contributed by atoms with Gasteiger partial charge in [0.1, 0.15) is 0 Å². The molecule has 0 N–H and O–H groups in total. The predicted molar refractivity (Wildman–Crippen MR) is 52.0 cm³/mol. The molecule has 2 unspecified atom stereocenters. The number of rotatable bonds is 1. The average Bonchev–Trinajstić information content (AvgIpc) is 2.55. The van der Waals surface area contributed by atoms with Gasteiger partial charge in [0.15, 0.2) is 0 Å². The maximum Gasteiger partial charge on any atom is 0.0148 e. The number of hydrogen-bond donors (Lipinski definition) is 0. The number of hydrogen-bond acceptors (Lipinski definition) is 0. The molecule has 11 heavy (non-hydrogen) atoms. The molecular formula is C10H17Br. The van der Waals surface area contributed by atoms with Gasteiger partial charge in [-0.2, -0.15) is 0 Å². The van der Waals surface area contributed by atoms with Gasteiger partial charge in [-0.15, -0.1) is 0 Å². The summed E-state index contributed by atoms with van der Waals surface area (Å²) in [7, 11) is 0. The van der Waals surface area contributed by atoms with Gasteiger partial charge in [-0.25, -0.2) is 0 Å². The summed E-state index contributed by atoms with van der Waals surface area (Å²) in [6.45, 7) is 0. The van der Waals surface area contributed by atoms with Crippen LogP contribution in [0.2, 0.25) is 0 Å². The molecule has 2 rings (SSSR count). The molecule has 0 spiro atoms. The lowest BCUT2D eigenvalue weighted by Crippen LogP contribution is -2.07. The Balaban J connectivity index is 1.85. The van der Waals surface area contributed by atoms with Crippen LogP contribution in [-0.4, -0.2) is 4.83 Å². The van der Waals surface area contributed by atoms with Gasteiger partial charge >= 0.3 is 0 Å². The first-order valence-electron chi connectivity index (χ1n) is 5.00. The summed E-state index contributed by atoms with van der Waals surface area (Å²) in [5, 5.41) is 0. The average molecular weight is 217 g/mol. The van der Waals surface area contributed by atoms with E-state index in [1.807, 2.05) is 0 Å². The molecule has 0 amide bonds. The van der Waals surface area contributed by atoms with Gasteiger partial charge in [-0.1, -0.05) is 41.6 Å². The van der Waals surface area contributed by atoms with Gasteiger partial charge in [0.25, 0.3) is 0 Å². The van der Waals surface area contributed by atoms with Crippen molar-refractivity contribution in [1.82, 2.24) is 0 Å². The molecule has 2 aliphatic carbocycles. The Hall–Kier alpha value is 0.480. The third-order valence-corrected chi connectivity index (χ3v) is 4.31. The van der Waals surface area contributed by atoms with Gasteiger partial charge in [0.05, 0.1) is 0 Å². The Kier molecular flexibility index (Phi) is 2.55. The molecule has 0 aromatic carbocycles. The van der Waals surface area contributed by atoms with E-state index in [2.05, 4.69) is 15.9 Å². The minimum atomic E-state index is 0.855. The Labute approximate surface area is 77.9 Å². The van der Waals surface area contributed by atoms with Crippen molar-refractivity contribution in [1.29, 1.82) is 0 Å². The fourth-order valence-electron chi connectivity index (χ4n) is 2.82. The fraction of sp³-hybridized carbons (Fsp3) is 1.00. The topological polar surface area (TPSA) is 0 Å². The van der Waals surface area contributed by atoms with Crippen molar-refractivity contribution >= 4 is 15.9 Å². The Morgan fingerprint density at radius 1 is 0.818 bits per heavy atom. The molecule has 0 aliphatic heterocycles. The second-order valence-corrected chi connectivity index (χ2v) is 5.51. The molecule has 0 radical (unpaired) electrons. The van der Waals surface area contributed by atoms with Crippen LogP contribution in [0.5, 0.6) is 0 Å². The van der Waals surface area contributed by atoms with Crippen LogP contribution in [-0.2, 0) is 0 Å². The van der Waals surface area contributed by atoms with E-state index in [1.54, 1.807) is 0 Å². The predicted octanol–water partition coefficient (Wildman–Crippen LogP) is 3.74. The van der Waals surface area contributed by atoms with Crippen LogP contribution < -0.4 is 0 Å². The summed E-state index contributed by atoms with van der Waals surface area (Å²) in [4.78, 5) is 0.855. The van der Waals surface area contributed by atoms with E-state index in [9.17, 15) is 0 Å². The normalized spacial score (nSPS) is 40.1. The van der Waals surface area contributed by atoms with Crippen molar-refractivity contribution in [2.75, 3.05) is 0 Å². The molecule has 0 saturated heterocycles. The second-order valence-electron chi connectivity index (χ2n) is 4.21. The quantitative estimate of drug-likeness (QED) is 0.587. The first-order valence-corrected chi connectivity index (χ1v) is 5.92. The largest absolute Gasteiger partial charge is 0.0891 e. The van der Waals surface area contributed by atoms with E-state index in [4.69, 9.17) is 0 Å². The van der Waals surface area contributed by atoms with Crippen molar-refractivity contribution in [3.05, 3.63) is 0 Å². The molecular weight excluding hydrogens is 200 g/mol. The lowest BCUT2D eigenvalue weighted by atomic mass is 9.90. The van der Waals surface area contributed by atoms with Gasteiger partial charge in [0, 0.05) is 4.83 Å². The Bertz CT molecular complexity index is 127. The van der Waals surface area contributed by atoms with Crippen LogP contribution in [0.25, 0.3) is 0 Å². The highest BCUT2D eigenvalue weighted by Crippen LogP contribution is 2.42. The van der Waals surface area contributed by atoms with Crippen molar-refractivity contribution in [3.8, 4) is 0 Å². The molecule has 1 heteroatoms. The zero-order chi connectivity index (χ0) is 7.68. The SMILES string of the molecule is BrC1CCC(C2CCCC2)C1. The van der Waals surface area contributed by atoms with Gasteiger partial charge in [-0.3, -0.25) is 0 Å².